The lowest BCUT2D eigenvalue weighted by molar-refractivity contribution is 0.446. The molecule has 0 saturated carbocycles. The number of pyridine rings is 1. The molecule has 4 nitrogen and oxygen atoms in total. The molecule has 0 aliphatic heterocycles. The van der Waals surface area contributed by atoms with E-state index >= 15 is 0 Å². The number of rotatable bonds is 4. The Bertz CT molecular complexity index is 2100. The number of benzene rings is 4. The molecule has 0 bridgehead atoms. The van der Waals surface area contributed by atoms with Gasteiger partial charge in [-0.2, -0.15) is 0 Å². The third-order valence-electron chi connectivity index (χ3n) is 9.05. The van der Waals surface area contributed by atoms with Crippen LogP contribution in [0.15, 0.2) is 97.2 Å². The van der Waals surface area contributed by atoms with Gasteiger partial charge in [0.15, 0.2) is 0 Å². The molecule has 0 radical (unpaired) electrons. The first kappa shape index (κ1) is 32.2. The van der Waals surface area contributed by atoms with Crippen molar-refractivity contribution in [1.82, 2.24) is 14.5 Å². The van der Waals surface area contributed by atoms with Crippen LogP contribution in [-0.4, -0.2) is 19.6 Å². The van der Waals surface area contributed by atoms with Gasteiger partial charge in [-0.15, -0.1) is 0 Å². The second-order valence-electron chi connectivity index (χ2n) is 16.0. The fourth-order valence-electron chi connectivity index (χ4n) is 6.22. The molecule has 2 heterocycles. The highest BCUT2D eigenvalue weighted by Gasteiger charge is 2.28. The van der Waals surface area contributed by atoms with E-state index < -0.39 is 0 Å². The fraction of sp³-hybridized carbons (Fsp3) is 0.302. The molecular formula is C43H47N3O. The van der Waals surface area contributed by atoms with Gasteiger partial charge in [0.1, 0.15) is 11.6 Å². The predicted molar refractivity (Wildman–Crippen MR) is 198 cm³/mol. The van der Waals surface area contributed by atoms with Crippen LogP contribution < -0.4 is 0 Å². The number of phenolic OH excluding ortho intramolecular Hbond substituents is 1. The topological polar surface area (TPSA) is 50.9 Å². The molecule has 4 heteroatoms. The number of phenols is 1. The van der Waals surface area contributed by atoms with Crippen LogP contribution >= 0.6 is 0 Å². The SMILES string of the molecule is Cc1ccnc(-c2cc(-c3cccc4c3nc(-c3cc(C(C)(C)C)cc(C(C)(C)C)c3O)n4-c3ccccc3)cc(C(C)(C)C)c2)c1. The molecule has 0 aliphatic rings. The summed E-state index contributed by atoms with van der Waals surface area (Å²) < 4.78 is 2.20. The van der Waals surface area contributed by atoms with Crippen LogP contribution in [-0.2, 0) is 16.2 Å². The summed E-state index contributed by atoms with van der Waals surface area (Å²) in [4.78, 5) is 10.2. The third kappa shape index (κ3) is 6.22. The van der Waals surface area contributed by atoms with Gasteiger partial charge in [0, 0.05) is 28.6 Å². The summed E-state index contributed by atoms with van der Waals surface area (Å²) in [7, 11) is 0. The minimum absolute atomic E-state index is 0.0699. The van der Waals surface area contributed by atoms with Crippen LogP contribution in [0.1, 0.15) is 84.6 Å². The minimum Gasteiger partial charge on any atom is -0.507 e. The highest BCUT2D eigenvalue weighted by molar-refractivity contribution is 5.97. The van der Waals surface area contributed by atoms with Crippen molar-refractivity contribution in [1.29, 1.82) is 0 Å². The largest absolute Gasteiger partial charge is 0.507 e. The van der Waals surface area contributed by atoms with Crippen LogP contribution in [0.4, 0.5) is 0 Å². The van der Waals surface area contributed by atoms with Crippen molar-refractivity contribution in [3.05, 3.63) is 119 Å². The maximum absolute atomic E-state index is 12.0. The van der Waals surface area contributed by atoms with E-state index in [4.69, 9.17) is 9.97 Å². The zero-order valence-electron chi connectivity index (χ0n) is 29.5. The number of para-hydroxylation sites is 2. The Morgan fingerprint density at radius 3 is 1.91 bits per heavy atom. The summed E-state index contributed by atoms with van der Waals surface area (Å²) in [6.45, 7) is 22.0. The Kier molecular flexibility index (Phi) is 7.91. The number of imidazole rings is 1. The number of aromatic nitrogens is 3. The van der Waals surface area contributed by atoms with Crippen LogP contribution in [0, 0.1) is 6.92 Å². The quantitative estimate of drug-likeness (QED) is 0.213. The van der Waals surface area contributed by atoms with Gasteiger partial charge in [0.2, 0.25) is 0 Å². The molecule has 0 amide bonds. The van der Waals surface area contributed by atoms with Crippen molar-refractivity contribution in [2.45, 2.75) is 85.5 Å². The van der Waals surface area contributed by atoms with Gasteiger partial charge in [-0.3, -0.25) is 9.55 Å². The van der Waals surface area contributed by atoms with E-state index in [1.165, 1.54) is 11.1 Å². The molecule has 6 rings (SSSR count). The maximum Gasteiger partial charge on any atom is 0.149 e. The van der Waals surface area contributed by atoms with E-state index in [1.54, 1.807) is 0 Å². The molecule has 0 spiro atoms. The van der Waals surface area contributed by atoms with Gasteiger partial charge in [0.05, 0.1) is 22.3 Å². The molecule has 240 valence electrons. The molecule has 6 aromatic rings. The normalized spacial score (nSPS) is 12.6. The second kappa shape index (κ2) is 11.5. The van der Waals surface area contributed by atoms with Gasteiger partial charge < -0.3 is 5.11 Å². The molecular weight excluding hydrogens is 574 g/mol. The average molecular weight is 622 g/mol. The van der Waals surface area contributed by atoms with Crippen LogP contribution in [0.2, 0.25) is 0 Å². The molecule has 0 aliphatic carbocycles. The molecule has 0 atom stereocenters. The average Bonchev–Trinajstić information content (AvgIpc) is 3.39. The summed E-state index contributed by atoms with van der Waals surface area (Å²) in [6.07, 6.45) is 1.88. The van der Waals surface area contributed by atoms with Crippen molar-refractivity contribution < 1.29 is 5.11 Å². The standard InChI is InChI=1S/C43H47N3O/c1-27-19-20-44-36(21-27)29-22-28(23-30(24-29)41(2,3)4)33-17-14-18-37-38(33)45-40(46(37)32-15-12-11-13-16-32)34-25-31(42(5,6)7)26-35(39(34)47)43(8,9)10/h11-26,47H,1-10H3. The van der Waals surface area contributed by atoms with Gasteiger partial charge in [-0.05, 0) is 94.0 Å². The van der Waals surface area contributed by atoms with Crippen molar-refractivity contribution in [3.8, 4) is 45.2 Å². The summed E-state index contributed by atoms with van der Waals surface area (Å²) in [6, 6.07) is 32.0. The number of hydrogen-bond acceptors (Lipinski definition) is 3. The van der Waals surface area contributed by atoms with Gasteiger partial charge >= 0.3 is 0 Å². The first-order valence-electron chi connectivity index (χ1n) is 16.6. The Morgan fingerprint density at radius 2 is 1.28 bits per heavy atom. The fourth-order valence-corrected chi connectivity index (χ4v) is 6.22. The zero-order valence-corrected chi connectivity index (χ0v) is 29.5. The lowest BCUT2D eigenvalue weighted by atomic mass is 9.79. The van der Waals surface area contributed by atoms with Crippen LogP contribution in [0.3, 0.4) is 0 Å². The molecule has 0 unspecified atom stereocenters. The Hall–Kier alpha value is -4.70. The van der Waals surface area contributed by atoms with E-state index in [9.17, 15) is 5.11 Å². The van der Waals surface area contributed by atoms with Gasteiger partial charge in [-0.25, -0.2) is 4.98 Å². The van der Waals surface area contributed by atoms with E-state index in [2.05, 4.69) is 153 Å². The number of nitrogens with zero attached hydrogens (tertiary/aromatic N) is 3. The number of hydrogen-bond donors (Lipinski definition) is 1. The van der Waals surface area contributed by atoms with E-state index in [0.717, 1.165) is 61.6 Å². The molecule has 0 fully saturated rings. The number of fused-ring (bicyclic) bond motifs is 1. The Labute approximate surface area is 280 Å². The molecule has 1 N–H and O–H groups in total. The highest BCUT2D eigenvalue weighted by atomic mass is 16.3. The first-order chi connectivity index (χ1) is 22.0. The van der Waals surface area contributed by atoms with Crippen molar-refractivity contribution in [3.63, 3.8) is 0 Å². The monoisotopic (exact) mass is 621 g/mol. The van der Waals surface area contributed by atoms with Crippen molar-refractivity contribution in [2.75, 3.05) is 0 Å². The van der Waals surface area contributed by atoms with E-state index in [1.807, 2.05) is 18.3 Å². The lowest BCUT2D eigenvalue weighted by Gasteiger charge is -2.27. The third-order valence-corrected chi connectivity index (χ3v) is 9.05. The van der Waals surface area contributed by atoms with Crippen molar-refractivity contribution >= 4 is 11.0 Å². The summed E-state index contributed by atoms with van der Waals surface area (Å²) in [5, 5.41) is 12.0. The maximum atomic E-state index is 12.0. The first-order valence-corrected chi connectivity index (χ1v) is 16.6. The smallest absolute Gasteiger partial charge is 0.149 e. The lowest BCUT2D eigenvalue weighted by Crippen LogP contribution is -2.17. The van der Waals surface area contributed by atoms with Gasteiger partial charge in [0.25, 0.3) is 0 Å². The van der Waals surface area contributed by atoms with Crippen LogP contribution in [0.5, 0.6) is 5.75 Å². The van der Waals surface area contributed by atoms with Gasteiger partial charge in [-0.1, -0.05) is 105 Å². The Morgan fingerprint density at radius 1 is 0.617 bits per heavy atom. The minimum atomic E-state index is -0.261. The molecule has 0 saturated heterocycles. The van der Waals surface area contributed by atoms with E-state index in [-0.39, 0.29) is 22.0 Å². The zero-order chi connectivity index (χ0) is 33.9. The number of aromatic hydroxyl groups is 1. The molecule has 4 aromatic carbocycles. The van der Waals surface area contributed by atoms with Crippen LogP contribution in [0.25, 0.3) is 50.5 Å². The molecule has 47 heavy (non-hydrogen) atoms. The second-order valence-corrected chi connectivity index (χ2v) is 16.0. The summed E-state index contributed by atoms with van der Waals surface area (Å²) in [5.74, 6) is 1.00. The summed E-state index contributed by atoms with van der Waals surface area (Å²) >= 11 is 0. The number of aryl methyl sites for hydroxylation is 1. The Balaban J connectivity index is 1.70. The van der Waals surface area contributed by atoms with E-state index in [0.29, 0.717) is 0 Å². The predicted octanol–water partition coefficient (Wildman–Crippen LogP) is 11.3. The van der Waals surface area contributed by atoms with Crippen molar-refractivity contribution in [2.24, 2.45) is 0 Å². The summed E-state index contributed by atoms with van der Waals surface area (Å²) in [5.41, 5.74) is 11.8. The highest BCUT2D eigenvalue weighted by Crippen LogP contribution is 2.44. The molecule has 2 aromatic heterocycles.